The number of aliphatic hydroxyl groups is 1. The van der Waals surface area contributed by atoms with E-state index in [0.717, 1.165) is 66.1 Å². The molecule has 0 spiro atoms. The van der Waals surface area contributed by atoms with Crippen molar-refractivity contribution in [3.05, 3.63) is 59.3 Å². The summed E-state index contributed by atoms with van der Waals surface area (Å²) in [4.78, 5) is 2.57. The van der Waals surface area contributed by atoms with Crippen LogP contribution in [0, 0.1) is 18.3 Å². The smallest absolute Gasteiger partial charge is 0.173 e. The van der Waals surface area contributed by atoms with Crippen molar-refractivity contribution < 1.29 is 14.4 Å². The van der Waals surface area contributed by atoms with E-state index in [1.54, 1.807) is 0 Å². The molecular formula is C27H34N2O3. The molecule has 5 heteroatoms. The van der Waals surface area contributed by atoms with Gasteiger partial charge in [0.05, 0.1) is 18.9 Å². The van der Waals surface area contributed by atoms with Gasteiger partial charge in [0.15, 0.2) is 5.58 Å². The van der Waals surface area contributed by atoms with E-state index in [9.17, 15) is 5.11 Å². The van der Waals surface area contributed by atoms with Gasteiger partial charge in [-0.2, -0.15) is 0 Å². The number of aliphatic hydroxyl groups excluding tert-OH is 1. The monoisotopic (exact) mass is 434 g/mol. The fourth-order valence-electron chi connectivity index (χ4n) is 4.88. The second-order valence-corrected chi connectivity index (χ2v) is 9.89. The van der Waals surface area contributed by atoms with Crippen molar-refractivity contribution in [1.29, 1.82) is 0 Å². The molecule has 1 saturated carbocycles. The molecule has 2 heterocycles. The number of aromatic nitrogens is 1. The summed E-state index contributed by atoms with van der Waals surface area (Å²) in [5.41, 5.74) is 4.29. The summed E-state index contributed by atoms with van der Waals surface area (Å²) >= 11 is 0. The summed E-state index contributed by atoms with van der Waals surface area (Å²) in [7, 11) is 0. The number of nitrogens with zero attached hydrogens (tertiary/aromatic N) is 2. The number of fused-ring (bicyclic) bond motifs is 1. The van der Waals surface area contributed by atoms with Gasteiger partial charge >= 0.3 is 0 Å². The third-order valence-electron chi connectivity index (χ3n) is 7.49. The number of ether oxygens (including phenoxy) is 1. The van der Waals surface area contributed by atoms with Crippen molar-refractivity contribution in [3.63, 3.8) is 0 Å². The maximum atomic E-state index is 9.52. The lowest BCUT2D eigenvalue weighted by Crippen LogP contribution is -2.33. The molecule has 32 heavy (non-hydrogen) atoms. The van der Waals surface area contributed by atoms with Gasteiger partial charge in [0.25, 0.3) is 0 Å². The lowest BCUT2D eigenvalue weighted by Gasteiger charge is -2.31. The van der Waals surface area contributed by atoms with E-state index >= 15 is 0 Å². The largest absolute Gasteiger partial charge is 0.493 e. The van der Waals surface area contributed by atoms with Crippen LogP contribution >= 0.6 is 0 Å². The molecule has 0 atom stereocenters. The van der Waals surface area contributed by atoms with E-state index in [-0.39, 0.29) is 12.0 Å². The van der Waals surface area contributed by atoms with Crippen molar-refractivity contribution >= 4 is 11.0 Å². The number of benzene rings is 2. The van der Waals surface area contributed by atoms with E-state index in [4.69, 9.17) is 9.26 Å². The summed E-state index contributed by atoms with van der Waals surface area (Å²) in [6.07, 6.45) is 6.73. The summed E-state index contributed by atoms with van der Waals surface area (Å²) < 4.78 is 11.8. The van der Waals surface area contributed by atoms with Crippen molar-refractivity contribution in [2.24, 2.45) is 11.3 Å². The van der Waals surface area contributed by atoms with E-state index < -0.39 is 0 Å². The Morgan fingerprint density at radius 1 is 1.12 bits per heavy atom. The summed E-state index contributed by atoms with van der Waals surface area (Å²) in [5.74, 6) is 1.59. The van der Waals surface area contributed by atoms with Gasteiger partial charge in [-0.1, -0.05) is 35.5 Å². The van der Waals surface area contributed by atoms with Gasteiger partial charge in [0.1, 0.15) is 5.75 Å². The van der Waals surface area contributed by atoms with Crippen molar-refractivity contribution in [2.75, 3.05) is 26.3 Å². The number of hydrogen-bond acceptors (Lipinski definition) is 5. The van der Waals surface area contributed by atoms with E-state index in [1.165, 1.54) is 31.5 Å². The Morgan fingerprint density at radius 3 is 2.62 bits per heavy atom. The van der Waals surface area contributed by atoms with Crippen LogP contribution < -0.4 is 4.74 Å². The first kappa shape index (κ1) is 21.5. The quantitative estimate of drug-likeness (QED) is 0.506. The molecule has 2 aromatic carbocycles. The van der Waals surface area contributed by atoms with Gasteiger partial charge in [0, 0.05) is 22.9 Å². The number of likely N-dealkylation sites (tertiary alicyclic amines) is 1. The molecule has 2 aliphatic rings. The number of piperidine rings is 1. The van der Waals surface area contributed by atoms with Gasteiger partial charge in [0.2, 0.25) is 0 Å². The van der Waals surface area contributed by atoms with Crippen LogP contribution in [0.25, 0.3) is 11.0 Å². The molecule has 0 bridgehead atoms. The van der Waals surface area contributed by atoms with Gasteiger partial charge < -0.3 is 14.4 Å². The normalized spacial score (nSPS) is 18.8. The lowest BCUT2D eigenvalue weighted by molar-refractivity contribution is 0.146. The van der Waals surface area contributed by atoms with Crippen molar-refractivity contribution in [1.82, 2.24) is 10.1 Å². The molecule has 1 aliphatic carbocycles. The highest BCUT2D eigenvalue weighted by atomic mass is 16.5. The molecule has 2 fully saturated rings. The van der Waals surface area contributed by atoms with Crippen LogP contribution in [-0.4, -0.2) is 41.5 Å². The average Bonchev–Trinajstić information content (AvgIpc) is 3.50. The van der Waals surface area contributed by atoms with Crippen LogP contribution in [0.15, 0.2) is 47.0 Å². The Bertz CT molecular complexity index is 1030. The molecule has 170 valence electrons. The van der Waals surface area contributed by atoms with Gasteiger partial charge in [-0.3, -0.25) is 4.90 Å². The van der Waals surface area contributed by atoms with Crippen molar-refractivity contribution in [3.8, 4) is 5.75 Å². The average molecular weight is 435 g/mol. The van der Waals surface area contributed by atoms with Crippen LogP contribution in [0.3, 0.4) is 0 Å². The van der Waals surface area contributed by atoms with Crippen LogP contribution in [0.2, 0.25) is 0 Å². The van der Waals surface area contributed by atoms with Gasteiger partial charge in [-0.15, -0.1) is 0 Å². The Kier molecular flexibility index (Phi) is 6.20. The Balaban J connectivity index is 1.14. The third kappa shape index (κ3) is 4.69. The van der Waals surface area contributed by atoms with Crippen LogP contribution in [0.1, 0.15) is 48.9 Å². The SMILES string of the molecule is Cc1c(OCC2(CO)CC2)ccc2c(CCC3CCN(Cc4ccccc4)CC3)noc12. The van der Waals surface area contributed by atoms with Gasteiger partial charge in [-0.25, -0.2) is 0 Å². The minimum atomic E-state index is -0.0232. The number of aryl methyl sites for hydroxylation is 2. The predicted molar refractivity (Wildman–Crippen MR) is 126 cm³/mol. The fraction of sp³-hybridized carbons (Fsp3) is 0.519. The van der Waals surface area contributed by atoms with E-state index in [1.807, 2.05) is 13.0 Å². The van der Waals surface area contributed by atoms with Crippen LogP contribution in [0.5, 0.6) is 5.75 Å². The van der Waals surface area contributed by atoms with Crippen LogP contribution in [-0.2, 0) is 13.0 Å². The first-order chi connectivity index (χ1) is 15.7. The Morgan fingerprint density at radius 2 is 1.91 bits per heavy atom. The minimum absolute atomic E-state index is 0.0232. The maximum absolute atomic E-state index is 9.52. The second-order valence-electron chi connectivity index (χ2n) is 9.89. The molecule has 1 aromatic heterocycles. The second kappa shape index (κ2) is 9.24. The molecule has 5 nitrogen and oxygen atoms in total. The third-order valence-corrected chi connectivity index (χ3v) is 7.49. The highest BCUT2D eigenvalue weighted by Gasteiger charge is 2.43. The summed E-state index contributed by atoms with van der Waals surface area (Å²) in [6.45, 7) is 6.21. The van der Waals surface area contributed by atoms with Crippen molar-refractivity contribution in [2.45, 2.75) is 52.0 Å². The Labute approximate surface area is 190 Å². The molecule has 1 saturated heterocycles. The highest BCUT2D eigenvalue weighted by molar-refractivity contribution is 5.84. The molecule has 1 N–H and O–H groups in total. The summed E-state index contributed by atoms with van der Waals surface area (Å²) in [5, 5.41) is 15.0. The van der Waals surface area contributed by atoms with Crippen LogP contribution in [0.4, 0.5) is 0 Å². The zero-order valence-corrected chi connectivity index (χ0v) is 19.1. The molecular weight excluding hydrogens is 400 g/mol. The molecule has 5 rings (SSSR count). The summed E-state index contributed by atoms with van der Waals surface area (Å²) in [6, 6.07) is 14.9. The first-order valence-electron chi connectivity index (χ1n) is 12.0. The maximum Gasteiger partial charge on any atom is 0.173 e. The molecule has 0 radical (unpaired) electrons. The number of rotatable bonds is 9. The molecule has 0 amide bonds. The molecule has 3 aromatic rings. The van der Waals surface area contributed by atoms with Gasteiger partial charge in [-0.05, 0) is 82.2 Å². The zero-order valence-electron chi connectivity index (χ0n) is 19.1. The lowest BCUT2D eigenvalue weighted by atomic mass is 9.91. The number of hydrogen-bond donors (Lipinski definition) is 1. The first-order valence-corrected chi connectivity index (χ1v) is 12.0. The highest BCUT2D eigenvalue weighted by Crippen LogP contribution is 2.45. The molecule has 0 unspecified atom stereocenters. The standard InChI is InChI=1S/C27H34N2O3/c1-20-25(31-19-27(18-30)13-14-27)10-8-23-24(28-32-26(20)23)9-7-21-11-15-29(16-12-21)17-22-5-3-2-4-6-22/h2-6,8,10,21,30H,7,9,11-19H2,1H3. The zero-order chi connectivity index (χ0) is 22.0. The van der Waals surface area contributed by atoms with E-state index in [2.05, 4.69) is 46.5 Å². The minimum Gasteiger partial charge on any atom is -0.493 e. The Hall–Kier alpha value is -2.37. The fourth-order valence-corrected chi connectivity index (χ4v) is 4.88. The topological polar surface area (TPSA) is 58.7 Å². The predicted octanol–water partition coefficient (Wildman–Crippen LogP) is 5.13. The van der Waals surface area contributed by atoms with E-state index in [0.29, 0.717) is 6.61 Å². The molecule has 1 aliphatic heterocycles.